The highest BCUT2D eigenvalue weighted by molar-refractivity contribution is 5.98. The number of aromatic hydroxyl groups is 4. The Hall–Kier alpha value is -6.19. The van der Waals surface area contributed by atoms with Crippen LogP contribution < -0.4 is 10.6 Å². The number of phenolic OH excluding ortho intramolecular Hbond substituents is 4. The Balaban J connectivity index is 1.59. The standard InChI is InChI=1S/C26H22N6O10/c33-21-5-1-14(7-23(21)35)11-27-26(38)18(29-25(37)15-2-6-22(34)24(36)8-15)9-16-12-30(13-28-16)19-4-3-17(31(39)40)10-20(19)32(41)42/h1-8,10,12-13,18,33-36H,9,11H2,(H,27,38)(H,29,37)/t18-/m0/s1. The fourth-order valence-corrected chi connectivity index (χ4v) is 3.91. The fourth-order valence-electron chi connectivity index (χ4n) is 3.91. The molecule has 16 nitrogen and oxygen atoms in total. The van der Waals surface area contributed by atoms with E-state index in [9.17, 15) is 50.2 Å². The minimum absolute atomic E-state index is 0.0268. The van der Waals surface area contributed by atoms with E-state index in [0.717, 1.165) is 24.3 Å². The van der Waals surface area contributed by atoms with Crippen molar-refractivity contribution in [2.24, 2.45) is 0 Å². The van der Waals surface area contributed by atoms with Crippen LogP contribution in [0.3, 0.4) is 0 Å². The van der Waals surface area contributed by atoms with Crippen molar-refractivity contribution in [2.75, 3.05) is 0 Å². The van der Waals surface area contributed by atoms with Crippen LogP contribution in [-0.2, 0) is 17.8 Å². The molecule has 0 aliphatic carbocycles. The number of carbonyl (C=O) groups is 2. The summed E-state index contributed by atoms with van der Waals surface area (Å²) in [6.07, 6.45) is 2.35. The number of imidazole rings is 1. The lowest BCUT2D eigenvalue weighted by molar-refractivity contribution is -0.394. The summed E-state index contributed by atoms with van der Waals surface area (Å²) < 4.78 is 1.24. The lowest BCUT2D eigenvalue weighted by Gasteiger charge is -2.18. The summed E-state index contributed by atoms with van der Waals surface area (Å²) in [6.45, 7) is -0.0948. The SMILES string of the molecule is O=C(N[C@@H](Cc1cn(-c2ccc([N+](=O)[O-])cc2[N+](=O)[O-])cn1)C(=O)NCc1ccc(O)c(O)c1)c1ccc(O)c(O)c1. The topological polar surface area (TPSA) is 243 Å². The van der Waals surface area contributed by atoms with E-state index in [0.29, 0.717) is 5.56 Å². The van der Waals surface area contributed by atoms with Gasteiger partial charge in [0.2, 0.25) is 5.91 Å². The zero-order valence-corrected chi connectivity index (χ0v) is 21.4. The summed E-state index contributed by atoms with van der Waals surface area (Å²) in [5, 5.41) is 66.2. The van der Waals surface area contributed by atoms with Crippen LogP contribution in [0.1, 0.15) is 21.6 Å². The summed E-state index contributed by atoms with van der Waals surface area (Å²) in [5.74, 6) is -3.23. The zero-order chi connectivity index (χ0) is 30.6. The second-order valence-electron chi connectivity index (χ2n) is 8.93. The number of benzene rings is 3. The molecule has 0 aliphatic heterocycles. The first-order valence-corrected chi connectivity index (χ1v) is 12.0. The highest BCUT2D eigenvalue weighted by atomic mass is 16.6. The number of rotatable bonds is 10. The second kappa shape index (κ2) is 11.9. The molecular formula is C26H22N6O10. The molecule has 0 spiro atoms. The number of phenols is 4. The van der Waals surface area contributed by atoms with Gasteiger partial charge in [-0.3, -0.25) is 34.4 Å². The molecule has 16 heteroatoms. The molecule has 42 heavy (non-hydrogen) atoms. The van der Waals surface area contributed by atoms with Gasteiger partial charge in [0, 0.05) is 30.8 Å². The van der Waals surface area contributed by atoms with Crippen LogP contribution in [-0.4, -0.2) is 57.7 Å². The molecule has 4 rings (SSSR count). The summed E-state index contributed by atoms with van der Waals surface area (Å²) in [4.78, 5) is 51.3. The third-order valence-corrected chi connectivity index (χ3v) is 6.06. The first-order chi connectivity index (χ1) is 19.9. The first kappa shape index (κ1) is 28.8. The van der Waals surface area contributed by atoms with Crippen molar-refractivity contribution in [3.8, 4) is 28.7 Å². The molecule has 0 fully saturated rings. The summed E-state index contributed by atoms with van der Waals surface area (Å²) in [6, 6.07) is 9.05. The summed E-state index contributed by atoms with van der Waals surface area (Å²) >= 11 is 0. The maximum absolute atomic E-state index is 13.2. The van der Waals surface area contributed by atoms with Crippen molar-refractivity contribution in [1.82, 2.24) is 20.2 Å². The van der Waals surface area contributed by atoms with Gasteiger partial charge in [-0.05, 0) is 42.0 Å². The van der Waals surface area contributed by atoms with Crippen LogP contribution in [0.4, 0.5) is 11.4 Å². The van der Waals surface area contributed by atoms with Crippen LogP contribution >= 0.6 is 0 Å². The molecule has 1 aromatic heterocycles. The number of non-ortho nitro benzene ring substituents is 1. The smallest absolute Gasteiger partial charge is 0.300 e. The molecule has 2 amide bonds. The van der Waals surface area contributed by atoms with Crippen molar-refractivity contribution < 1.29 is 39.9 Å². The van der Waals surface area contributed by atoms with Gasteiger partial charge in [-0.2, -0.15) is 0 Å². The van der Waals surface area contributed by atoms with E-state index in [1.165, 1.54) is 47.4 Å². The predicted molar refractivity (Wildman–Crippen MR) is 143 cm³/mol. The Labute approximate surface area is 235 Å². The monoisotopic (exact) mass is 578 g/mol. The lowest BCUT2D eigenvalue weighted by Crippen LogP contribution is -2.47. The number of nitrogens with zero attached hydrogens (tertiary/aromatic N) is 4. The number of amides is 2. The van der Waals surface area contributed by atoms with E-state index >= 15 is 0 Å². The average Bonchev–Trinajstić information content (AvgIpc) is 3.42. The molecule has 216 valence electrons. The third kappa shape index (κ3) is 6.50. The molecule has 0 radical (unpaired) electrons. The van der Waals surface area contributed by atoms with Gasteiger partial charge in [0.15, 0.2) is 23.0 Å². The van der Waals surface area contributed by atoms with Gasteiger partial charge in [0.05, 0.1) is 27.9 Å². The van der Waals surface area contributed by atoms with Crippen LogP contribution in [0.25, 0.3) is 5.69 Å². The van der Waals surface area contributed by atoms with Crippen molar-refractivity contribution in [1.29, 1.82) is 0 Å². The number of nitrogens with one attached hydrogen (secondary N) is 2. The summed E-state index contributed by atoms with van der Waals surface area (Å²) in [7, 11) is 0. The highest BCUT2D eigenvalue weighted by Crippen LogP contribution is 2.28. The van der Waals surface area contributed by atoms with E-state index in [1.54, 1.807) is 0 Å². The summed E-state index contributed by atoms with van der Waals surface area (Å²) in [5.41, 5.74) is -0.493. The van der Waals surface area contributed by atoms with Gasteiger partial charge in [-0.15, -0.1) is 0 Å². The van der Waals surface area contributed by atoms with Gasteiger partial charge in [-0.1, -0.05) is 6.07 Å². The molecule has 4 aromatic rings. The van der Waals surface area contributed by atoms with E-state index in [1.807, 2.05) is 0 Å². The molecule has 6 N–H and O–H groups in total. The molecule has 3 aromatic carbocycles. The van der Waals surface area contributed by atoms with Crippen molar-refractivity contribution in [3.63, 3.8) is 0 Å². The van der Waals surface area contributed by atoms with Gasteiger partial charge < -0.3 is 31.1 Å². The number of nitro benzene ring substituents is 2. The maximum atomic E-state index is 13.2. The zero-order valence-electron chi connectivity index (χ0n) is 21.4. The molecule has 0 unspecified atom stereocenters. The molecule has 0 bridgehead atoms. The predicted octanol–water partition coefficient (Wildman–Crippen LogP) is 2.17. The largest absolute Gasteiger partial charge is 0.504 e. The van der Waals surface area contributed by atoms with Crippen molar-refractivity contribution in [3.05, 3.63) is 104 Å². The van der Waals surface area contributed by atoms with Gasteiger partial charge >= 0.3 is 0 Å². The maximum Gasteiger partial charge on any atom is 0.300 e. The molecule has 0 aliphatic rings. The van der Waals surface area contributed by atoms with Crippen LogP contribution in [0, 0.1) is 20.2 Å². The van der Waals surface area contributed by atoms with E-state index in [4.69, 9.17) is 0 Å². The third-order valence-electron chi connectivity index (χ3n) is 6.06. The van der Waals surface area contributed by atoms with E-state index < -0.39 is 56.3 Å². The van der Waals surface area contributed by atoms with Crippen molar-refractivity contribution >= 4 is 23.2 Å². The second-order valence-corrected chi connectivity index (χ2v) is 8.93. The quantitative estimate of drug-likeness (QED) is 0.0904. The number of aromatic nitrogens is 2. The molecule has 1 atom stereocenters. The highest BCUT2D eigenvalue weighted by Gasteiger charge is 2.25. The number of nitro groups is 2. The van der Waals surface area contributed by atoms with Crippen LogP contribution in [0.15, 0.2) is 67.1 Å². The lowest BCUT2D eigenvalue weighted by atomic mass is 10.1. The average molecular weight is 578 g/mol. The first-order valence-electron chi connectivity index (χ1n) is 12.0. The Morgan fingerprint density at radius 1 is 0.881 bits per heavy atom. The van der Waals surface area contributed by atoms with Crippen LogP contribution in [0.2, 0.25) is 0 Å². The van der Waals surface area contributed by atoms with Gasteiger partial charge in [0.1, 0.15) is 11.7 Å². The van der Waals surface area contributed by atoms with Crippen molar-refractivity contribution in [2.45, 2.75) is 19.0 Å². The van der Waals surface area contributed by atoms with Gasteiger partial charge in [0.25, 0.3) is 17.3 Å². The number of hydrogen-bond donors (Lipinski definition) is 6. The number of hydrogen-bond acceptors (Lipinski definition) is 11. The molecule has 0 saturated carbocycles. The Bertz CT molecular complexity index is 1700. The Morgan fingerprint density at radius 2 is 1.57 bits per heavy atom. The van der Waals surface area contributed by atoms with Crippen LogP contribution in [0.5, 0.6) is 23.0 Å². The number of carbonyl (C=O) groups excluding carboxylic acids is 2. The van der Waals surface area contributed by atoms with E-state index in [2.05, 4.69) is 15.6 Å². The normalized spacial score (nSPS) is 11.4. The molecule has 0 saturated heterocycles. The van der Waals surface area contributed by atoms with Gasteiger partial charge in [-0.25, -0.2) is 4.98 Å². The minimum Gasteiger partial charge on any atom is -0.504 e. The fraction of sp³-hybridized carbons (Fsp3) is 0.115. The molecule has 1 heterocycles. The van der Waals surface area contributed by atoms with E-state index in [-0.39, 0.29) is 35.7 Å². The Morgan fingerprint density at radius 3 is 2.21 bits per heavy atom. The minimum atomic E-state index is -1.27. The molecular weight excluding hydrogens is 556 g/mol. The Kier molecular flexibility index (Phi) is 8.17.